The summed E-state index contributed by atoms with van der Waals surface area (Å²) in [5, 5.41) is 8.95. The van der Waals surface area contributed by atoms with Gasteiger partial charge in [-0.25, -0.2) is 0 Å². The zero-order valence-corrected chi connectivity index (χ0v) is 6.25. The van der Waals surface area contributed by atoms with Crippen LogP contribution in [-0.4, -0.2) is 10.3 Å². The molecule has 0 amide bonds. The van der Waals surface area contributed by atoms with Crippen molar-refractivity contribution < 1.29 is 9.05 Å². The molecule has 0 atom stereocenters. The molecule has 2 aromatic rings. The fourth-order valence-electron chi connectivity index (χ4n) is 0.615. The van der Waals surface area contributed by atoms with Crippen molar-refractivity contribution in [3.05, 3.63) is 24.7 Å². The van der Waals surface area contributed by atoms with Gasteiger partial charge in [-0.15, -0.1) is 0 Å². The Labute approximate surface area is 66.5 Å². The zero-order chi connectivity index (χ0) is 7.52. The number of nitrogens with zero attached hydrogens (tertiary/aromatic N) is 2. The molecule has 0 spiro atoms. The second-order valence-corrected chi connectivity index (χ2v) is 2.82. The summed E-state index contributed by atoms with van der Waals surface area (Å²) in [5.74, 6) is 0. The minimum Gasteiger partial charge on any atom is -0.364 e. The van der Waals surface area contributed by atoms with Gasteiger partial charge in [0.15, 0.2) is 0 Å². The molecule has 56 valence electrons. The molecule has 0 aliphatic heterocycles. The molecule has 4 nitrogen and oxygen atoms in total. The summed E-state index contributed by atoms with van der Waals surface area (Å²) < 4.78 is 9.27. The maximum atomic E-state index is 4.63. The maximum absolute atomic E-state index is 4.63. The summed E-state index contributed by atoms with van der Waals surface area (Å²) in [7, 11) is 0. The van der Waals surface area contributed by atoms with Crippen molar-refractivity contribution in [2.45, 2.75) is 10.1 Å². The lowest BCUT2D eigenvalue weighted by atomic mass is 10.8. The molecule has 2 rings (SSSR count). The molecule has 0 radical (unpaired) electrons. The lowest BCUT2D eigenvalue weighted by molar-refractivity contribution is 0.400. The minimum atomic E-state index is 0.777. The van der Waals surface area contributed by atoms with Crippen molar-refractivity contribution in [2.75, 3.05) is 0 Å². The van der Waals surface area contributed by atoms with Crippen LogP contribution < -0.4 is 0 Å². The molecule has 11 heavy (non-hydrogen) atoms. The van der Waals surface area contributed by atoms with Crippen LogP contribution in [0.5, 0.6) is 0 Å². The van der Waals surface area contributed by atoms with Gasteiger partial charge in [-0.1, -0.05) is 10.3 Å². The van der Waals surface area contributed by atoms with E-state index in [1.54, 1.807) is 12.1 Å². The van der Waals surface area contributed by atoms with Gasteiger partial charge in [-0.05, 0) is 11.8 Å². The summed E-state index contributed by atoms with van der Waals surface area (Å²) >= 11 is 1.39. The number of hydrogen-bond acceptors (Lipinski definition) is 5. The molecule has 2 aromatic heterocycles. The van der Waals surface area contributed by atoms with E-state index >= 15 is 0 Å². The van der Waals surface area contributed by atoms with Crippen LogP contribution in [-0.2, 0) is 0 Å². The fourth-order valence-corrected chi connectivity index (χ4v) is 1.24. The summed E-state index contributed by atoms with van der Waals surface area (Å²) in [4.78, 5) is 0. The van der Waals surface area contributed by atoms with E-state index in [4.69, 9.17) is 0 Å². The fraction of sp³-hybridized carbons (Fsp3) is 0. The molecular formula is C6H4N2O2S. The largest absolute Gasteiger partial charge is 0.364 e. The molecule has 5 heteroatoms. The van der Waals surface area contributed by atoms with Gasteiger partial charge in [-0.3, -0.25) is 0 Å². The van der Waals surface area contributed by atoms with Crippen molar-refractivity contribution >= 4 is 11.8 Å². The van der Waals surface area contributed by atoms with Crippen molar-refractivity contribution in [3.63, 3.8) is 0 Å². The van der Waals surface area contributed by atoms with Crippen molar-refractivity contribution in [1.29, 1.82) is 0 Å². The van der Waals surface area contributed by atoms with E-state index in [-0.39, 0.29) is 0 Å². The first-order valence-electron chi connectivity index (χ1n) is 2.94. The lowest BCUT2D eigenvalue weighted by Crippen LogP contribution is -1.69. The molecule has 0 aromatic carbocycles. The van der Waals surface area contributed by atoms with Crippen molar-refractivity contribution in [3.8, 4) is 0 Å². The molecule has 2 heterocycles. The zero-order valence-electron chi connectivity index (χ0n) is 5.43. The van der Waals surface area contributed by atoms with Crippen molar-refractivity contribution in [1.82, 2.24) is 10.3 Å². The van der Waals surface area contributed by atoms with E-state index in [0.29, 0.717) is 0 Å². The van der Waals surface area contributed by atoms with Gasteiger partial charge >= 0.3 is 0 Å². The molecule has 0 aliphatic rings. The van der Waals surface area contributed by atoms with Crippen molar-refractivity contribution in [2.24, 2.45) is 0 Å². The van der Waals surface area contributed by atoms with Gasteiger partial charge < -0.3 is 9.05 Å². The third-order valence-electron chi connectivity index (χ3n) is 1.04. The highest BCUT2D eigenvalue weighted by Gasteiger charge is 2.01. The third-order valence-corrected chi connectivity index (χ3v) is 1.88. The summed E-state index contributed by atoms with van der Waals surface area (Å²) in [6.45, 7) is 0. The SMILES string of the molecule is c1cc(Sc2ccon2)no1. The van der Waals surface area contributed by atoms with Crippen LogP contribution in [0.3, 0.4) is 0 Å². The first-order chi connectivity index (χ1) is 5.45. The topological polar surface area (TPSA) is 52.1 Å². The van der Waals surface area contributed by atoms with Crippen LogP contribution in [0.2, 0.25) is 0 Å². The molecular weight excluding hydrogens is 164 g/mol. The van der Waals surface area contributed by atoms with E-state index in [9.17, 15) is 0 Å². The second kappa shape index (κ2) is 2.79. The Balaban J connectivity index is 2.14. The van der Waals surface area contributed by atoms with Crippen LogP contribution >= 0.6 is 11.8 Å². The maximum Gasteiger partial charge on any atom is 0.146 e. The Morgan fingerprint density at radius 3 is 1.91 bits per heavy atom. The van der Waals surface area contributed by atoms with E-state index in [2.05, 4.69) is 19.4 Å². The Hall–Kier alpha value is -1.23. The summed E-state index contributed by atoms with van der Waals surface area (Å²) in [5.41, 5.74) is 0. The van der Waals surface area contributed by atoms with Gasteiger partial charge in [0.1, 0.15) is 22.6 Å². The Morgan fingerprint density at radius 2 is 1.55 bits per heavy atom. The number of aromatic nitrogens is 2. The van der Waals surface area contributed by atoms with Crippen LogP contribution in [0.25, 0.3) is 0 Å². The van der Waals surface area contributed by atoms with Crippen LogP contribution in [0.1, 0.15) is 0 Å². The van der Waals surface area contributed by atoms with E-state index in [0.717, 1.165) is 10.1 Å². The van der Waals surface area contributed by atoms with Gasteiger partial charge in [0.2, 0.25) is 0 Å². The van der Waals surface area contributed by atoms with Crippen LogP contribution in [0.4, 0.5) is 0 Å². The van der Waals surface area contributed by atoms with Gasteiger partial charge in [-0.2, -0.15) is 0 Å². The normalized spacial score (nSPS) is 10.2. The highest BCUT2D eigenvalue weighted by molar-refractivity contribution is 7.99. The Bertz CT molecular complexity index is 271. The predicted octanol–water partition coefficient (Wildman–Crippen LogP) is 1.81. The number of rotatable bonds is 2. The van der Waals surface area contributed by atoms with Crippen LogP contribution in [0, 0.1) is 0 Å². The van der Waals surface area contributed by atoms with Gasteiger partial charge in [0, 0.05) is 12.1 Å². The van der Waals surface area contributed by atoms with E-state index in [1.807, 2.05) is 0 Å². The Morgan fingerprint density at radius 1 is 1.00 bits per heavy atom. The molecule has 0 unspecified atom stereocenters. The molecule has 0 fully saturated rings. The molecule has 0 bridgehead atoms. The smallest absolute Gasteiger partial charge is 0.146 e. The average molecular weight is 168 g/mol. The minimum absolute atomic E-state index is 0.777. The highest BCUT2D eigenvalue weighted by atomic mass is 32.2. The summed E-state index contributed by atoms with van der Waals surface area (Å²) in [6.07, 6.45) is 3.03. The Kier molecular flexibility index (Phi) is 1.64. The number of hydrogen-bond donors (Lipinski definition) is 0. The van der Waals surface area contributed by atoms with Gasteiger partial charge in [0.05, 0.1) is 0 Å². The molecule has 0 saturated carbocycles. The highest BCUT2D eigenvalue weighted by Crippen LogP contribution is 2.23. The first kappa shape index (κ1) is 6.48. The quantitative estimate of drug-likeness (QED) is 0.684. The first-order valence-corrected chi connectivity index (χ1v) is 3.75. The summed E-state index contributed by atoms with van der Waals surface area (Å²) in [6, 6.07) is 3.53. The lowest BCUT2D eigenvalue weighted by Gasteiger charge is -1.84. The van der Waals surface area contributed by atoms with E-state index in [1.165, 1.54) is 24.3 Å². The second-order valence-electron chi connectivity index (χ2n) is 1.78. The standard InChI is InChI=1S/C6H4N2O2S/c1-3-9-7-5(1)11-6-2-4-10-8-6/h1-4H. The predicted molar refractivity (Wildman–Crippen MR) is 37.1 cm³/mol. The average Bonchev–Trinajstić information content (AvgIpc) is 2.60. The monoisotopic (exact) mass is 168 g/mol. The molecule has 0 aliphatic carbocycles. The van der Waals surface area contributed by atoms with E-state index < -0.39 is 0 Å². The molecule has 0 N–H and O–H groups in total. The van der Waals surface area contributed by atoms with Crippen LogP contribution in [0.15, 0.2) is 43.8 Å². The van der Waals surface area contributed by atoms with Gasteiger partial charge in [0.25, 0.3) is 0 Å². The third kappa shape index (κ3) is 1.43. The molecule has 0 saturated heterocycles.